The normalized spacial score (nSPS) is 18.5. The minimum Gasteiger partial charge on any atom is -0.340 e. The predicted molar refractivity (Wildman–Crippen MR) is 117 cm³/mol. The van der Waals surface area contributed by atoms with Gasteiger partial charge < -0.3 is 10.2 Å². The molecule has 1 aliphatic rings. The molecule has 0 radical (unpaired) electrons. The number of benzene rings is 2. The van der Waals surface area contributed by atoms with E-state index >= 15 is 0 Å². The van der Waals surface area contributed by atoms with E-state index in [9.17, 15) is 14.4 Å². The lowest BCUT2D eigenvalue weighted by Crippen LogP contribution is -2.43. The van der Waals surface area contributed by atoms with Gasteiger partial charge in [-0.1, -0.05) is 58.5 Å². The highest BCUT2D eigenvalue weighted by Gasteiger charge is 2.50. The van der Waals surface area contributed by atoms with Crippen molar-refractivity contribution in [2.75, 3.05) is 13.6 Å². The van der Waals surface area contributed by atoms with E-state index in [1.807, 2.05) is 0 Å². The number of hydrogen-bond donors (Lipinski definition) is 1. The van der Waals surface area contributed by atoms with Crippen LogP contribution in [0.5, 0.6) is 0 Å². The highest BCUT2D eigenvalue weighted by atomic mass is 35.5. The predicted octanol–water partition coefficient (Wildman–Crippen LogP) is 4.73. The number of halogens is 4. The Morgan fingerprint density at radius 3 is 2.37 bits per heavy atom. The van der Waals surface area contributed by atoms with Crippen molar-refractivity contribution >= 4 is 64.2 Å². The van der Waals surface area contributed by atoms with Crippen molar-refractivity contribution < 1.29 is 14.4 Å². The number of carbonyl (C=O) groups is 3. The maximum atomic E-state index is 13.0. The minimum absolute atomic E-state index is 0.236. The highest BCUT2D eigenvalue weighted by Crippen LogP contribution is 2.35. The molecule has 1 saturated heterocycles. The van der Waals surface area contributed by atoms with Crippen LogP contribution in [-0.2, 0) is 21.7 Å². The fourth-order valence-electron chi connectivity index (χ4n) is 3.17. The molecule has 0 bridgehead atoms. The van der Waals surface area contributed by atoms with Gasteiger partial charge in [-0.05, 0) is 36.8 Å². The first-order chi connectivity index (χ1) is 14.0. The van der Waals surface area contributed by atoms with E-state index in [1.54, 1.807) is 37.4 Å². The fraction of sp³-hybridized carbons (Fsp3) is 0.250. The van der Waals surface area contributed by atoms with Gasteiger partial charge >= 0.3 is 6.03 Å². The zero-order chi connectivity index (χ0) is 22.2. The molecule has 0 spiro atoms. The molecule has 3 rings (SSSR count). The Morgan fingerprint density at radius 1 is 1.03 bits per heavy atom. The van der Waals surface area contributed by atoms with Crippen LogP contribution in [-0.4, -0.2) is 41.2 Å². The van der Waals surface area contributed by atoms with Crippen molar-refractivity contribution in [1.82, 2.24) is 15.1 Å². The molecule has 1 aliphatic heterocycles. The molecule has 4 amide bonds. The third-order valence-corrected chi connectivity index (χ3v) is 6.15. The average molecular weight is 489 g/mol. The summed E-state index contributed by atoms with van der Waals surface area (Å²) in [6.45, 7) is 1.36. The largest absolute Gasteiger partial charge is 0.340 e. The molecule has 0 aromatic heterocycles. The molecular formula is C20H17Cl4N3O3. The molecule has 1 heterocycles. The molecule has 1 N–H and O–H groups in total. The number of urea groups is 1. The topological polar surface area (TPSA) is 69.7 Å². The lowest BCUT2D eigenvalue weighted by Gasteiger charge is -2.24. The highest BCUT2D eigenvalue weighted by molar-refractivity contribution is 6.42. The van der Waals surface area contributed by atoms with E-state index in [1.165, 1.54) is 17.9 Å². The molecule has 30 heavy (non-hydrogen) atoms. The smallest absolute Gasteiger partial charge is 0.325 e. The number of hydrogen-bond acceptors (Lipinski definition) is 3. The van der Waals surface area contributed by atoms with Crippen LogP contribution in [0.2, 0.25) is 20.1 Å². The van der Waals surface area contributed by atoms with Gasteiger partial charge in [0.2, 0.25) is 5.91 Å². The lowest BCUT2D eigenvalue weighted by atomic mass is 9.92. The van der Waals surface area contributed by atoms with E-state index in [0.29, 0.717) is 20.6 Å². The Kier molecular flexibility index (Phi) is 6.53. The Bertz CT molecular complexity index is 1050. The maximum Gasteiger partial charge on any atom is 0.325 e. The number of nitrogens with one attached hydrogen (secondary N) is 1. The van der Waals surface area contributed by atoms with Crippen LogP contribution in [0.3, 0.4) is 0 Å². The van der Waals surface area contributed by atoms with Crippen molar-refractivity contribution in [2.45, 2.75) is 19.0 Å². The molecule has 1 fully saturated rings. The van der Waals surface area contributed by atoms with E-state index in [-0.39, 0.29) is 11.6 Å². The van der Waals surface area contributed by atoms with Crippen LogP contribution < -0.4 is 5.32 Å². The summed E-state index contributed by atoms with van der Waals surface area (Å²) in [5.74, 6) is -0.996. The van der Waals surface area contributed by atoms with Gasteiger partial charge in [0.25, 0.3) is 5.91 Å². The zero-order valence-electron chi connectivity index (χ0n) is 16.0. The van der Waals surface area contributed by atoms with Crippen molar-refractivity contribution in [3.63, 3.8) is 0 Å². The Balaban J connectivity index is 1.74. The Morgan fingerprint density at radius 2 is 1.73 bits per heavy atom. The van der Waals surface area contributed by atoms with E-state index < -0.39 is 29.9 Å². The van der Waals surface area contributed by atoms with Crippen molar-refractivity contribution in [1.29, 1.82) is 0 Å². The van der Waals surface area contributed by atoms with Crippen LogP contribution in [0.25, 0.3) is 0 Å². The quantitative estimate of drug-likeness (QED) is 0.618. The van der Waals surface area contributed by atoms with Gasteiger partial charge in [0, 0.05) is 29.2 Å². The van der Waals surface area contributed by atoms with E-state index in [4.69, 9.17) is 46.4 Å². The van der Waals surface area contributed by atoms with Crippen LogP contribution in [0, 0.1) is 0 Å². The van der Waals surface area contributed by atoms with E-state index in [2.05, 4.69) is 5.32 Å². The maximum absolute atomic E-state index is 13.0. The number of likely N-dealkylation sites (N-methyl/N-ethyl adjacent to an activating group) is 1. The minimum atomic E-state index is -1.40. The third kappa shape index (κ3) is 4.37. The SMILES string of the molecule is CN(Cc1ccc(Cl)c(Cl)c1)C(=O)CN1C(=O)NC(C)(c2ccc(Cl)cc2Cl)C1=O. The number of carbonyl (C=O) groups excluding carboxylic acids is 3. The molecule has 10 heteroatoms. The number of rotatable bonds is 5. The van der Waals surface area contributed by atoms with Gasteiger partial charge in [0.1, 0.15) is 12.1 Å². The second-order valence-electron chi connectivity index (χ2n) is 7.07. The van der Waals surface area contributed by atoms with Gasteiger partial charge in [-0.3, -0.25) is 14.5 Å². The van der Waals surface area contributed by atoms with Gasteiger partial charge in [0.05, 0.1) is 10.0 Å². The van der Waals surface area contributed by atoms with Crippen LogP contribution in [0.1, 0.15) is 18.1 Å². The monoisotopic (exact) mass is 487 g/mol. The first kappa shape index (κ1) is 22.7. The molecule has 2 aromatic rings. The first-order valence-electron chi connectivity index (χ1n) is 8.80. The van der Waals surface area contributed by atoms with Crippen LogP contribution in [0.15, 0.2) is 36.4 Å². The summed E-state index contributed by atoms with van der Waals surface area (Å²) in [5.41, 5.74) is -0.248. The van der Waals surface area contributed by atoms with Gasteiger partial charge in [-0.2, -0.15) is 0 Å². The first-order valence-corrected chi connectivity index (χ1v) is 10.3. The summed E-state index contributed by atoms with van der Waals surface area (Å²) in [6, 6.07) is 8.99. The van der Waals surface area contributed by atoms with Crippen LogP contribution >= 0.6 is 46.4 Å². The Hall–Kier alpha value is -1.99. The Labute approximate surface area is 193 Å². The summed E-state index contributed by atoms with van der Waals surface area (Å²) in [4.78, 5) is 40.4. The standard InChI is InChI=1S/C20H17Cl4N3O3/c1-20(13-5-4-12(21)8-15(13)23)18(29)27(19(30)25-20)10-17(28)26(2)9-11-3-6-14(22)16(24)7-11/h3-8H,9-10H2,1-2H3,(H,25,30). The number of imide groups is 1. The van der Waals surface area contributed by atoms with Crippen molar-refractivity contribution in [3.05, 3.63) is 67.6 Å². The number of amides is 4. The second-order valence-corrected chi connectivity index (χ2v) is 8.73. The summed E-state index contributed by atoms with van der Waals surface area (Å²) in [7, 11) is 1.57. The van der Waals surface area contributed by atoms with Crippen molar-refractivity contribution in [3.8, 4) is 0 Å². The summed E-state index contributed by atoms with van der Waals surface area (Å²) < 4.78 is 0. The molecule has 1 atom stereocenters. The van der Waals surface area contributed by atoms with Crippen molar-refractivity contribution in [2.24, 2.45) is 0 Å². The zero-order valence-corrected chi connectivity index (χ0v) is 19.0. The third-order valence-electron chi connectivity index (χ3n) is 4.87. The fourth-order valence-corrected chi connectivity index (χ4v) is 4.09. The molecular weight excluding hydrogens is 472 g/mol. The molecule has 158 valence electrons. The van der Waals surface area contributed by atoms with E-state index in [0.717, 1.165) is 10.5 Å². The molecule has 6 nitrogen and oxygen atoms in total. The van der Waals surface area contributed by atoms with Crippen LogP contribution in [0.4, 0.5) is 4.79 Å². The summed E-state index contributed by atoms with van der Waals surface area (Å²) in [5, 5.41) is 4.05. The molecule has 1 unspecified atom stereocenters. The molecule has 0 aliphatic carbocycles. The van der Waals surface area contributed by atoms with Gasteiger partial charge in [0.15, 0.2) is 0 Å². The number of nitrogens with zero attached hydrogens (tertiary/aromatic N) is 2. The summed E-state index contributed by atoms with van der Waals surface area (Å²) in [6.07, 6.45) is 0. The lowest BCUT2D eigenvalue weighted by molar-refractivity contribution is -0.138. The summed E-state index contributed by atoms with van der Waals surface area (Å²) >= 11 is 24.1. The second kappa shape index (κ2) is 8.63. The van der Waals surface area contributed by atoms with Gasteiger partial charge in [-0.15, -0.1) is 0 Å². The van der Waals surface area contributed by atoms with Gasteiger partial charge in [-0.25, -0.2) is 4.79 Å². The molecule has 2 aromatic carbocycles. The molecule has 0 saturated carbocycles. The average Bonchev–Trinajstić information content (AvgIpc) is 2.88.